The predicted octanol–water partition coefficient (Wildman–Crippen LogP) is 4.89. The summed E-state index contributed by atoms with van der Waals surface area (Å²) in [5.74, 6) is 0.0667. The van der Waals surface area contributed by atoms with Gasteiger partial charge in [0.25, 0.3) is 5.91 Å². The lowest BCUT2D eigenvalue weighted by molar-refractivity contribution is -0.114. The van der Waals surface area contributed by atoms with Crippen molar-refractivity contribution in [2.75, 3.05) is 12.1 Å². The topological polar surface area (TPSA) is 62.1 Å². The van der Waals surface area contributed by atoms with Gasteiger partial charge in [0, 0.05) is 5.56 Å². The number of phenolic OH excluding ortho intramolecular Hbond substituents is 1. The number of phenols is 1. The zero-order chi connectivity index (χ0) is 20.4. The number of carbonyl (C=O) groups is 1. The maximum absolute atomic E-state index is 13.3. The molecule has 0 saturated carbocycles. The van der Waals surface area contributed by atoms with Crippen LogP contribution in [0.5, 0.6) is 11.5 Å². The molecule has 0 spiro atoms. The van der Waals surface area contributed by atoms with Gasteiger partial charge in [0.1, 0.15) is 5.71 Å². The molecule has 6 heteroatoms. The number of hydrogen-bond donors (Lipinski definition) is 1. The number of aromatic hydroxyl groups is 1. The molecule has 1 aliphatic rings. The Labute approximate surface area is 173 Å². The highest BCUT2D eigenvalue weighted by Gasteiger charge is 2.33. The Hall–Kier alpha value is -3.57. The van der Waals surface area contributed by atoms with E-state index in [4.69, 9.17) is 16.3 Å². The summed E-state index contributed by atoms with van der Waals surface area (Å²) in [5.41, 5.74) is 2.99. The van der Waals surface area contributed by atoms with E-state index >= 15 is 0 Å². The van der Waals surface area contributed by atoms with Crippen molar-refractivity contribution in [1.82, 2.24) is 0 Å². The van der Waals surface area contributed by atoms with E-state index in [1.807, 2.05) is 30.3 Å². The first-order chi connectivity index (χ1) is 14.1. The second-order valence-corrected chi connectivity index (χ2v) is 6.78. The van der Waals surface area contributed by atoms with Gasteiger partial charge in [-0.15, -0.1) is 0 Å². The zero-order valence-electron chi connectivity index (χ0n) is 15.5. The third-order valence-electron chi connectivity index (χ3n) is 4.52. The number of rotatable bonds is 4. The molecule has 0 bridgehead atoms. The fourth-order valence-corrected chi connectivity index (χ4v) is 3.31. The lowest BCUT2D eigenvalue weighted by Gasteiger charge is -2.13. The SMILES string of the molecule is COc1cc(C=C2C(=O)N(c3ccccc3Cl)N=C2c2ccccc2)ccc1O. The van der Waals surface area contributed by atoms with Crippen molar-refractivity contribution in [3.8, 4) is 11.5 Å². The van der Waals surface area contributed by atoms with E-state index in [0.29, 0.717) is 33.3 Å². The molecular formula is C23H17ClN2O3. The number of halogens is 1. The summed E-state index contributed by atoms with van der Waals surface area (Å²) < 4.78 is 5.17. The Balaban J connectivity index is 1.84. The molecule has 144 valence electrons. The van der Waals surface area contributed by atoms with Crippen LogP contribution in [0.4, 0.5) is 5.69 Å². The van der Waals surface area contributed by atoms with Gasteiger partial charge < -0.3 is 9.84 Å². The molecule has 3 aromatic rings. The Morgan fingerprint density at radius 1 is 1.03 bits per heavy atom. The van der Waals surface area contributed by atoms with E-state index in [9.17, 15) is 9.90 Å². The normalized spacial score (nSPS) is 15.0. The first kappa shape index (κ1) is 18.8. The van der Waals surface area contributed by atoms with Crippen molar-refractivity contribution in [1.29, 1.82) is 0 Å². The first-order valence-electron chi connectivity index (χ1n) is 8.90. The van der Waals surface area contributed by atoms with Crippen LogP contribution in [0.2, 0.25) is 5.02 Å². The zero-order valence-corrected chi connectivity index (χ0v) is 16.3. The summed E-state index contributed by atoms with van der Waals surface area (Å²) in [5, 5.41) is 16.2. The Bertz CT molecular complexity index is 1140. The van der Waals surface area contributed by atoms with Gasteiger partial charge in [0.2, 0.25) is 0 Å². The number of anilines is 1. The number of hydrogen-bond acceptors (Lipinski definition) is 4. The second-order valence-electron chi connectivity index (χ2n) is 6.37. The van der Waals surface area contributed by atoms with E-state index in [2.05, 4.69) is 5.10 Å². The van der Waals surface area contributed by atoms with Gasteiger partial charge in [0.05, 0.1) is 23.4 Å². The number of benzene rings is 3. The van der Waals surface area contributed by atoms with Crippen LogP contribution in [-0.2, 0) is 4.79 Å². The molecule has 0 unspecified atom stereocenters. The standard InChI is InChI=1S/C23H17ClN2O3/c1-29-21-14-15(11-12-20(21)27)13-17-22(16-7-3-2-4-8-16)25-26(23(17)28)19-10-6-5-9-18(19)24/h2-14,27H,1H3. The number of hydrazone groups is 1. The van der Waals surface area contributed by atoms with Crippen LogP contribution in [0.1, 0.15) is 11.1 Å². The van der Waals surface area contributed by atoms with Gasteiger partial charge in [-0.2, -0.15) is 10.1 Å². The Kier molecular flexibility index (Phi) is 5.06. The highest BCUT2D eigenvalue weighted by molar-refractivity contribution is 6.39. The summed E-state index contributed by atoms with van der Waals surface area (Å²) in [7, 11) is 1.47. The fraction of sp³-hybridized carbons (Fsp3) is 0.0435. The molecule has 1 aliphatic heterocycles. The molecule has 0 aromatic heterocycles. The summed E-state index contributed by atoms with van der Waals surface area (Å²) in [6.45, 7) is 0. The van der Waals surface area contributed by atoms with E-state index < -0.39 is 0 Å². The van der Waals surface area contributed by atoms with Gasteiger partial charge in [-0.05, 0) is 35.9 Å². The average Bonchev–Trinajstić information content (AvgIpc) is 3.06. The van der Waals surface area contributed by atoms with Crippen molar-refractivity contribution in [2.24, 2.45) is 5.10 Å². The number of nitrogens with zero attached hydrogens (tertiary/aromatic N) is 2. The van der Waals surface area contributed by atoms with Crippen molar-refractivity contribution in [3.05, 3.63) is 94.5 Å². The summed E-state index contributed by atoms with van der Waals surface area (Å²) >= 11 is 6.30. The molecule has 4 rings (SSSR count). The van der Waals surface area contributed by atoms with Crippen molar-refractivity contribution < 1.29 is 14.6 Å². The summed E-state index contributed by atoms with van der Waals surface area (Å²) in [4.78, 5) is 13.3. The molecule has 0 radical (unpaired) electrons. The van der Waals surface area contributed by atoms with Crippen LogP contribution in [0, 0.1) is 0 Å². The van der Waals surface area contributed by atoms with Crippen molar-refractivity contribution >= 4 is 35.0 Å². The molecule has 0 saturated heterocycles. The molecule has 0 aliphatic carbocycles. The first-order valence-corrected chi connectivity index (χ1v) is 9.28. The smallest absolute Gasteiger partial charge is 0.281 e. The third kappa shape index (κ3) is 3.60. The molecule has 1 amide bonds. The van der Waals surface area contributed by atoms with Crippen molar-refractivity contribution in [3.63, 3.8) is 0 Å². The third-order valence-corrected chi connectivity index (χ3v) is 4.84. The second kappa shape index (κ2) is 7.81. The van der Waals surface area contributed by atoms with Crippen LogP contribution in [-0.4, -0.2) is 23.8 Å². The number of amides is 1. The number of methoxy groups -OCH3 is 1. The van der Waals surface area contributed by atoms with Crippen LogP contribution in [0.25, 0.3) is 6.08 Å². The predicted molar refractivity (Wildman–Crippen MR) is 115 cm³/mol. The van der Waals surface area contributed by atoms with Gasteiger partial charge in [-0.1, -0.05) is 60.1 Å². The maximum Gasteiger partial charge on any atom is 0.281 e. The van der Waals surface area contributed by atoms with Crippen LogP contribution in [0.3, 0.4) is 0 Å². The highest BCUT2D eigenvalue weighted by Crippen LogP contribution is 2.33. The lowest BCUT2D eigenvalue weighted by atomic mass is 10.00. The lowest BCUT2D eigenvalue weighted by Crippen LogP contribution is -2.21. The van der Waals surface area contributed by atoms with E-state index in [0.717, 1.165) is 5.56 Å². The molecule has 0 fully saturated rings. The van der Waals surface area contributed by atoms with Crippen LogP contribution in [0.15, 0.2) is 83.5 Å². The Morgan fingerprint density at radius 2 is 1.76 bits per heavy atom. The molecule has 5 nitrogen and oxygen atoms in total. The van der Waals surface area contributed by atoms with E-state index in [1.54, 1.807) is 42.5 Å². The minimum atomic E-state index is -0.288. The number of para-hydroxylation sites is 1. The minimum Gasteiger partial charge on any atom is -0.504 e. The van der Waals surface area contributed by atoms with Gasteiger partial charge in [-0.3, -0.25) is 4.79 Å². The Morgan fingerprint density at radius 3 is 2.48 bits per heavy atom. The minimum absolute atomic E-state index is 0.0297. The summed E-state index contributed by atoms with van der Waals surface area (Å²) in [6.07, 6.45) is 1.73. The summed E-state index contributed by atoms with van der Waals surface area (Å²) in [6, 6.07) is 21.4. The molecule has 3 aromatic carbocycles. The van der Waals surface area contributed by atoms with E-state index in [1.165, 1.54) is 18.2 Å². The monoisotopic (exact) mass is 404 g/mol. The number of carbonyl (C=O) groups excluding carboxylic acids is 1. The molecule has 0 atom stereocenters. The molecule has 29 heavy (non-hydrogen) atoms. The molecule has 1 heterocycles. The van der Waals surface area contributed by atoms with Gasteiger partial charge in [0.15, 0.2) is 11.5 Å². The maximum atomic E-state index is 13.3. The molecular weight excluding hydrogens is 388 g/mol. The van der Waals surface area contributed by atoms with Crippen LogP contribution >= 0.6 is 11.6 Å². The quantitative estimate of drug-likeness (QED) is 0.630. The van der Waals surface area contributed by atoms with Crippen molar-refractivity contribution in [2.45, 2.75) is 0 Å². The average molecular weight is 405 g/mol. The largest absolute Gasteiger partial charge is 0.504 e. The molecule has 1 N–H and O–H groups in total. The van der Waals surface area contributed by atoms with Gasteiger partial charge in [-0.25, -0.2) is 0 Å². The number of ether oxygens (including phenoxy) is 1. The fourth-order valence-electron chi connectivity index (χ4n) is 3.09. The van der Waals surface area contributed by atoms with E-state index in [-0.39, 0.29) is 11.7 Å². The van der Waals surface area contributed by atoms with Gasteiger partial charge >= 0.3 is 0 Å². The van der Waals surface area contributed by atoms with Crippen LogP contribution < -0.4 is 9.75 Å². The highest BCUT2D eigenvalue weighted by atomic mass is 35.5.